The molecule has 1 aromatic carbocycles. The predicted molar refractivity (Wildman–Crippen MR) is 99.8 cm³/mol. The van der Waals surface area contributed by atoms with E-state index in [1.807, 2.05) is 12.1 Å². The van der Waals surface area contributed by atoms with Gasteiger partial charge in [0, 0.05) is 23.4 Å². The number of hydrogen-bond acceptors (Lipinski definition) is 6. The molecule has 0 saturated carbocycles. The number of nitrogens with zero attached hydrogens (tertiary/aromatic N) is 2. The van der Waals surface area contributed by atoms with Crippen LogP contribution >= 0.6 is 11.3 Å². The molecule has 0 bridgehead atoms. The zero-order valence-electron chi connectivity index (χ0n) is 14.2. The lowest BCUT2D eigenvalue weighted by molar-refractivity contribution is -0.147. The smallest absolute Gasteiger partial charge is 0.308 e. The van der Waals surface area contributed by atoms with Gasteiger partial charge >= 0.3 is 5.97 Å². The Balaban J connectivity index is 1.47. The van der Waals surface area contributed by atoms with Crippen molar-refractivity contribution in [1.29, 1.82) is 5.26 Å². The molecule has 8 heteroatoms. The first-order valence-electron chi connectivity index (χ1n) is 8.04. The van der Waals surface area contributed by atoms with Gasteiger partial charge in [-0.15, -0.1) is 11.3 Å². The number of nitrogens with one attached hydrogen (secondary N) is 1. The third-order valence-corrected chi connectivity index (χ3v) is 4.81. The Morgan fingerprint density at radius 3 is 2.70 bits per heavy atom. The van der Waals surface area contributed by atoms with E-state index in [0.717, 1.165) is 5.56 Å². The molecule has 1 aliphatic heterocycles. The standard InChI is InChI=1S/C19H15N3O4S/c1-12-14-4-2-3-5-15(14)19(25)22(12)8-6-17(24)26-11-16(23)21-18-13(10-20)7-9-27-18/h2-5,7,9H,1,6,8,11H2,(H,21,23). The molecule has 2 heterocycles. The molecule has 1 aromatic heterocycles. The fourth-order valence-electron chi connectivity index (χ4n) is 2.65. The van der Waals surface area contributed by atoms with Crippen LogP contribution in [0.25, 0.3) is 5.70 Å². The largest absolute Gasteiger partial charge is 0.456 e. The van der Waals surface area contributed by atoms with Gasteiger partial charge in [0.05, 0.1) is 12.0 Å². The average Bonchev–Trinajstić information content (AvgIpc) is 3.21. The molecule has 1 aliphatic rings. The zero-order valence-corrected chi connectivity index (χ0v) is 15.0. The molecule has 136 valence electrons. The van der Waals surface area contributed by atoms with Crippen LogP contribution in [-0.2, 0) is 14.3 Å². The maximum Gasteiger partial charge on any atom is 0.308 e. The lowest BCUT2D eigenvalue weighted by atomic mass is 10.1. The van der Waals surface area contributed by atoms with Crippen LogP contribution in [0.5, 0.6) is 0 Å². The van der Waals surface area contributed by atoms with Crippen molar-refractivity contribution in [1.82, 2.24) is 4.90 Å². The molecule has 0 unspecified atom stereocenters. The summed E-state index contributed by atoms with van der Waals surface area (Å²) >= 11 is 1.21. The Morgan fingerprint density at radius 2 is 2.00 bits per heavy atom. The average molecular weight is 381 g/mol. The summed E-state index contributed by atoms with van der Waals surface area (Å²) in [5.41, 5.74) is 2.20. The molecular formula is C19H15N3O4S. The first kappa shape index (κ1) is 18.4. The highest BCUT2D eigenvalue weighted by Gasteiger charge is 2.30. The molecule has 0 fully saturated rings. The van der Waals surface area contributed by atoms with Gasteiger partial charge in [0.2, 0.25) is 0 Å². The van der Waals surface area contributed by atoms with Crippen LogP contribution in [0, 0.1) is 11.3 Å². The number of hydrogen-bond donors (Lipinski definition) is 1. The monoisotopic (exact) mass is 381 g/mol. The summed E-state index contributed by atoms with van der Waals surface area (Å²) < 4.78 is 4.94. The number of benzene rings is 1. The van der Waals surface area contributed by atoms with Gasteiger partial charge in [-0.05, 0) is 17.5 Å². The number of thiophene rings is 1. The molecule has 0 spiro atoms. The van der Waals surface area contributed by atoms with Gasteiger partial charge in [-0.2, -0.15) is 5.26 Å². The first-order chi connectivity index (χ1) is 13.0. The molecule has 0 aliphatic carbocycles. The van der Waals surface area contributed by atoms with E-state index in [0.29, 0.717) is 21.8 Å². The van der Waals surface area contributed by atoms with Crippen molar-refractivity contribution in [2.45, 2.75) is 6.42 Å². The topological polar surface area (TPSA) is 99.5 Å². The number of amides is 2. The summed E-state index contributed by atoms with van der Waals surface area (Å²) in [5.74, 6) is -1.34. The Bertz CT molecular complexity index is 938. The Hall–Kier alpha value is -3.44. The molecule has 0 atom stereocenters. The van der Waals surface area contributed by atoms with E-state index in [4.69, 9.17) is 10.00 Å². The van der Waals surface area contributed by atoms with Crippen LogP contribution in [-0.4, -0.2) is 35.8 Å². The highest BCUT2D eigenvalue weighted by molar-refractivity contribution is 7.14. The van der Waals surface area contributed by atoms with Crippen molar-refractivity contribution < 1.29 is 19.1 Å². The Labute approximate surface area is 159 Å². The van der Waals surface area contributed by atoms with Crippen molar-refractivity contribution in [2.24, 2.45) is 0 Å². The van der Waals surface area contributed by atoms with Gasteiger partial charge in [0.1, 0.15) is 11.1 Å². The summed E-state index contributed by atoms with van der Waals surface area (Å²) in [7, 11) is 0. The SMILES string of the molecule is C=C1c2ccccc2C(=O)N1CCC(=O)OCC(=O)Nc1sccc1C#N. The summed E-state index contributed by atoms with van der Waals surface area (Å²) in [6.07, 6.45) is -0.0610. The van der Waals surface area contributed by atoms with Crippen LogP contribution in [0.3, 0.4) is 0 Å². The lowest BCUT2D eigenvalue weighted by Crippen LogP contribution is -2.27. The maximum atomic E-state index is 12.3. The minimum Gasteiger partial charge on any atom is -0.456 e. The molecule has 0 saturated heterocycles. The fraction of sp³-hybridized carbons (Fsp3) is 0.158. The van der Waals surface area contributed by atoms with E-state index >= 15 is 0 Å². The van der Waals surface area contributed by atoms with Gasteiger partial charge in [-0.25, -0.2) is 0 Å². The quantitative estimate of drug-likeness (QED) is 0.776. The number of ether oxygens (including phenoxy) is 1. The number of nitriles is 1. The highest BCUT2D eigenvalue weighted by atomic mass is 32.1. The van der Waals surface area contributed by atoms with Gasteiger partial charge in [-0.1, -0.05) is 24.8 Å². The summed E-state index contributed by atoms with van der Waals surface area (Å²) in [4.78, 5) is 37.5. The van der Waals surface area contributed by atoms with Crippen molar-refractivity contribution >= 4 is 39.8 Å². The van der Waals surface area contributed by atoms with Crippen LogP contribution in [0.15, 0.2) is 42.3 Å². The number of rotatable bonds is 6. The lowest BCUT2D eigenvalue weighted by Gasteiger charge is -2.16. The van der Waals surface area contributed by atoms with E-state index in [-0.39, 0.29) is 18.9 Å². The predicted octanol–water partition coefficient (Wildman–Crippen LogP) is 2.62. The van der Waals surface area contributed by atoms with Gasteiger partial charge < -0.3 is 15.0 Å². The third kappa shape index (κ3) is 3.88. The number of carbonyl (C=O) groups excluding carboxylic acids is 3. The van der Waals surface area contributed by atoms with Gasteiger partial charge in [-0.3, -0.25) is 14.4 Å². The van der Waals surface area contributed by atoms with Crippen molar-refractivity contribution in [2.75, 3.05) is 18.5 Å². The van der Waals surface area contributed by atoms with E-state index in [9.17, 15) is 14.4 Å². The summed E-state index contributed by atoms with van der Waals surface area (Å²) in [6, 6.07) is 10.6. The van der Waals surface area contributed by atoms with E-state index in [1.165, 1.54) is 16.2 Å². The van der Waals surface area contributed by atoms with Gasteiger partial charge in [0.25, 0.3) is 11.8 Å². The Morgan fingerprint density at radius 1 is 1.26 bits per heavy atom. The Kier molecular flexibility index (Phi) is 5.33. The second-order valence-electron chi connectivity index (χ2n) is 5.68. The molecule has 3 rings (SSSR count). The maximum absolute atomic E-state index is 12.3. The number of esters is 1. The molecule has 2 aromatic rings. The second-order valence-corrected chi connectivity index (χ2v) is 6.60. The van der Waals surface area contributed by atoms with Crippen LogP contribution < -0.4 is 5.32 Å². The number of anilines is 1. The second kappa shape index (κ2) is 7.85. The number of fused-ring (bicyclic) bond motifs is 1. The fourth-order valence-corrected chi connectivity index (χ4v) is 3.40. The molecule has 7 nitrogen and oxygen atoms in total. The van der Waals surface area contributed by atoms with E-state index in [2.05, 4.69) is 11.9 Å². The molecule has 2 amide bonds. The van der Waals surface area contributed by atoms with Crippen LogP contribution in [0.2, 0.25) is 0 Å². The third-order valence-electron chi connectivity index (χ3n) is 3.98. The summed E-state index contributed by atoms with van der Waals surface area (Å²) in [5, 5.41) is 13.5. The highest BCUT2D eigenvalue weighted by Crippen LogP contribution is 2.31. The van der Waals surface area contributed by atoms with E-state index < -0.39 is 18.5 Å². The van der Waals surface area contributed by atoms with Crippen LogP contribution in [0.1, 0.15) is 27.9 Å². The normalized spacial score (nSPS) is 12.5. The first-order valence-corrected chi connectivity index (χ1v) is 8.92. The molecule has 27 heavy (non-hydrogen) atoms. The number of carbonyl (C=O) groups is 3. The van der Waals surface area contributed by atoms with Crippen molar-refractivity contribution in [3.05, 3.63) is 59.0 Å². The minimum absolute atomic E-state index is 0.0610. The van der Waals surface area contributed by atoms with Gasteiger partial charge in [0.15, 0.2) is 6.61 Å². The minimum atomic E-state index is -0.603. The summed E-state index contributed by atoms with van der Waals surface area (Å²) in [6.45, 7) is 3.56. The van der Waals surface area contributed by atoms with E-state index in [1.54, 1.807) is 29.6 Å². The molecule has 1 N–H and O–H groups in total. The van der Waals surface area contributed by atoms with Crippen LogP contribution in [0.4, 0.5) is 5.00 Å². The molecule has 0 radical (unpaired) electrons. The zero-order chi connectivity index (χ0) is 19.4. The van der Waals surface area contributed by atoms with Crippen molar-refractivity contribution in [3.63, 3.8) is 0 Å². The molecular weight excluding hydrogens is 366 g/mol. The van der Waals surface area contributed by atoms with Crippen molar-refractivity contribution in [3.8, 4) is 6.07 Å².